The van der Waals surface area contributed by atoms with Crippen LogP contribution < -0.4 is 5.32 Å². The van der Waals surface area contributed by atoms with E-state index in [0.717, 1.165) is 17.7 Å². The van der Waals surface area contributed by atoms with Gasteiger partial charge >= 0.3 is 0 Å². The fourth-order valence-corrected chi connectivity index (χ4v) is 3.39. The second kappa shape index (κ2) is 6.78. The summed E-state index contributed by atoms with van der Waals surface area (Å²) in [6.07, 6.45) is 1.79. The summed E-state index contributed by atoms with van der Waals surface area (Å²) in [5.41, 5.74) is 0.933. The highest BCUT2D eigenvalue weighted by Crippen LogP contribution is 2.26. The van der Waals surface area contributed by atoms with Crippen LogP contribution in [0, 0.1) is 11.3 Å². The quantitative estimate of drug-likeness (QED) is 0.861. The van der Waals surface area contributed by atoms with E-state index in [1.54, 1.807) is 23.9 Å². The predicted molar refractivity (Wildman–Crippen MR) is 79.4 cm³/mol. The number of nitriles is 1. The second-order valence-electron chi connectivity index (χ2n) is 5.11. The molecule has 1 atom stereocenters. The predicted octanol–water partition coefficient (Wildman–Crippen LogP) is 1.48. The molecule has 0 aromatic heterocycles. The minimum atomic E-state index is -0.727. The lowest BCUT2D eigenvalue weighted by atomic mass is 10.0. The van der Waals surface area contributed by atoms with Gasteiger partial charge < -0.3 is 10.4 Å². The van der Waals surface area contributed by atoms with E-state index >= 15 is 0 Å². The molecule has 1 aromatic rings. The first-order valence-electron chi connectivity index (χ1n) is 6.67. The van der Waals surface area contributed by atoms with Crippen LogP contribution in [0.15, 0.2) is 24.3 Å². The Kier molecular flexibility index (Phi) is 5.05. The number of benzene rings is 1. The van der Waals surface area contributed by atoms with E-state index in [4.69, 9.17) is 5.26 Å². The molecule has 1 aliphatic rings. The molecule has 2 N–H and O–H groups in total. The van der Waals surface area contributed by atoms with Gasteiger partial charge in [-0.15, -0.1) is 0 Å². The molecule has 0 aliphatic carbocycles. The minimum absolute atomic E-state index is 0.0420. The lowest BCUT2D eigenvalue weighted by molar-refractivity contribution is -0.122. The molecule has 0 spiro atoms. The minimum Gasteiger partial charge on any atom is -0.387 e. The van der Waals surface area contributed by atoms with E-state index in [0.29, 0.717) is 30.7 Å². The van der Waals surface area contributed by atoms with Crippen molar-refractivity contribution in [2.24, 2.45) is 0 Å². The van der Waals surface area contributed by atoms with Crippen LogP contribution in [0.3, 0.4) is 0 Å². The van der Waals surface area contributed by atoms with Crippen LogP contribution >= 0.6 is 11.8 Å². The van der Waals surface area contributed by atoms with Crippen molar-refractivity contribution in [3.8, 4) is 6.07 Å². The molecule has 0 bridgehead atoms. The van der Waals surface area contributed by atoms with Crippen LogP contribution in [0.2, 0.25) is 0 Å². The van der Waals surface area contributed by atoms with Gasteiger partial charge in [0.15, 0.2) is 0 Å². The van der Waals surface area contributed by atoms with Crippen LogP contribution in [-0.4, -0.2) is 34.7 Å². The van der Waals surface area contributed by atoms with Gasteiger partial charge in [0.25, 0.3) is 0 Å². The Morgan fingerprint density at radius 2 is 2.20 bits per heavy atom. The lowest BCUT2D eigenvalue weighted by Gasteiger charge is -2.21. The Balaban J connectivity index is 1.73. The third-order valence-corrected chi connectivity index (χ3v) is 4.66. The molecule has 106 valence electrons. The number of rotatable bonds is 5. The lowest BCUT2D eigenvalue weighted by Crippen LogP contribution is -2.43. The van der Waals surface area contributed by atoms with Crippen molar-refractivity contribution in [3.63, 3.8) is 0 Å². The summed E-state index contributed by atoms with van der Waals surface area (Å²) >= 11 is 1.72. The van der Waals surface area contributed by atoms with E-state index in [1.807, 2.05) is 12.1 Å². The van der Waals surface area contributed by atoms with Crippen molar-refractivity contribution in [3.05, 3.63) is 35.4 Å². The molecule has 20 heavy (non-hydrogen) atoms. The van der Waals surface area contributed by atoms with E-state index in [1.165, 1.54) is 0 Å². The zero-order chi connectivity index (χ0) is 14.4. The zero-order valence-electron chi connectivity index (χ0n) is 11.3. The van der Waals surface area contributed by atoms with Gasteiger partial charge in [-0.1, -0.05) is 12.1 Å². The van der Waals surface area contributed by atoms with Crippen molar-refractivity contribution in [1.29, 1.82) is 5.26 Å². The van der Waals surface area contributed by atoms with E-state index in [9.17, 15) is 9.90 Å². The number of carbonyl (C=O) groups is 1. The fraction of sp³-hybridized carbons (Fsp3) is 0.467. The molecule has 0 radical (unpaired) electrons. The molecule has 0 saturated carbocycles. The summed E-state index contributed by atoms with van der Waals surface area (Å²) in [5, 5.41) is 21.6. The van der Waals surface area contributed by atoms with Crippen LogP contribution in [0.1, 0.15) is 24.0 Å². The number of nitrogens with zero attached hydrogens (tertiary/aromatic N) is 1. The van der Waals surface area contributed by atoms with Crippen molar-refractivity contribution < 1.29 is 9.90 Å². The normalized spacial score (nSPS) is 21.4. The van der Waals surface area contributed by atoms with Crippen molar-refractivity contribution in [1.82, 2.24) is 5.32 Å². The SMILES string of the molecule is N#Cc1ccc(CCC(=O)NCC2(O)CCSC2)cc1. The van der Waals surface area contributed by atoms with Crippen LogP contribution in [0.5, 0.6) is 0 Å². The van der Waals surface area contributed by atoms with Crippen molar-refractivity contribution >= 4 is 17.7 Å². The standard InChI is InChI=1S/C15H18N2O2S/c16-9-13-3-1-12(2-4-13)5-6-14(18)17-10-15(19)7-8-20-11-15/h1-4,19H,5-8,10-11H2,(H,17,18). The first-order chi connectivity index (χ1) is 9.61. The van der Waals surface area contributed by atoms with Gasteiger partial charge in [0.1, 0.15) is 0 Å². The molecular weight excluding hydrogens is 272 g/mol. The summed E-state index contributed by atoms with van der Waals surface area (Å²) in [6, 6.07) is 9.31. The van der Waals surface area contributed by atoms with Gasteiger partial charge in [-0.25, -0.2) is 0 Å². The molecule has 1 saturated heterocycles. The first-order valence-corrected chi connectivity index (χ1v) is 7.83. The maximum atomic E-state index is 11.8. The molecule has 1 aromatic carbocycles. The average Bonchev–Trinajstić information content (AvgIpc) is 2.91. The van der Waals surface area contributed by atoms with Gasteiger partial charge in [-0.3, -0.25) is 4.79 Å². The topological polar surface area (TPSA) is 73.1 Å². The van der Waals surface area contributed by atoms with Crippen molar-refractivity contribution in [2.45, 2.75) is 24.9 Å². The van der Waals surface area contributed by atoms with Crippen molar-refractivity contribution in [2.75, 3.05) is 18.1 Å². The maximum Gasteiger partial charge on any atom is 0.220 e. The third kappa shape index (κ3) is 4.26. The highest BCUT2D eigenvalue weighted by atomic mass is 32.2. The molecule has 1 fully saturated rings. The van der Waals surface area contributed by atoms with Gasteiger partial charge in [-0.05, 0) is 36.3 Å². The Morgan fingerprint density at radius 3 is 2.80 bits per heavy atom. The van der Waals surface area contributed by atoms with Gasteiger partial charge in [0.05, 0.1) is 17.2 Å². The number of thioether (sulfide) groups is 1. The van der Waals surface area contributed by atoms with Gasteiger partial charge in [-0.2, -0.15) is 17.0 Å². The Bertz CT molecular complexity index is 502. The first kappa shape index (κ1) is 14.9. The van der Waals surface area contributed by atoms with Gasteiger partial charge in [0.2, 0.25) is 5.91 Å². The number of amides is 1. The molecule has 1 heterocycles. The monoisotopic (exact) mass is 290 g/mol. The number of hydrogen-bond acceptors (Lipinski definition) is 4. The summed E-state index contributed by atoms with van der Waals surface area (Å²) in [7, 11) is 0. The Labute approximate surface area is 123 Å². The summed E-state index contributed by atoms with van der Waals surface area (Å²) < 4.78 is 0. The maximum absolute atomic E-state index is 11.8. The molecule has 1 unspecified atom stereocenters. The molecule has 1 aliphatic heterocycles. The summed E-state index contributed by atoms with van der Waals surface area (Å²) in [4.78, 5) is 11.8. The third-order valence-electron chi connectivity index (χ3n) is 3.42. The molecule has 4 nitrogen and oxygen atoms in total. The summed E-state index contributed by atoms with van der Waals surface area (Å²) in [5.74, 6) is 1.61. The van der Waals surface area contributed by atoms with Gasteiger partial charge in [0, 0.05) is 18.7 Å². The number of nitrogens with one attached hydrogen (secondary N) is 1. The fourth-order valence-electron chi connectivity index (χ4n) is 2.09. The highest BCUT2D eigenvalue weighted by molar-refractivity contribution is 7.99. The smallest absolute Gasteiger partial charge is 0.220 e. The Morgan fingerprint density at radius 1 is 1.45 bits per heavy atom. The van der Waals surface area contributed by atoms with Crippen LogP contribution in [0.25, 0.3) is 0 Å². The molecule has 2 rings (SSSR count). The molecule has 5 heteroatoms. The zero-order valence-corrected chi connectivity index (χ0v) is 12.1. The van der Waals surface area contributed by atoms with E-state index in [2.05, 4.69) is 11.4 Å². The van der Waals surface area contributed by atoms with Crippen LogP contribution in [-0.2, 0) is 11.2 Å². The average molecular weight is 290 g/mol. The summed E-state index contributed by atoms with van der Waals surface area (Å²) in [6.45, 7) is 0.339. The van der Waals surface area contributed by atoms with E-state index < -0.39 is 5.60 Å². The largest absolute Gasteiger partial charge is 0.387 e. The van der Waals surface area contributed by atoms with E-state index in [-0.39, 0.29) is 5.91 Å². The van der Waals surface area contributed by atoms with Crippen LogP contribution in [0.4, 0.5) is 0 Å². The number of carbonyl (C=O) groups excluding carboxylic acids is 1. The number of aryl methyl sites for hydroxylation is 1. The molecule has 1 amide bonds. The Hall–Kier alpha value is -1.51. The number of hydrogen-bond donors (Lipinski definition) is 2. The number of aliphatic hydroxyl groups is 1. The molecular formula is C15H18N2O2S. The highest BCUT2D eigenvalue weighted by Gasteiger charge is 2.31. The second-order valence-corrected chi connectivity index (χ2v) is 6.22.